The first-order chi connectivity index (χ1) is 13.4. The Bertz CT molecular complexity index is 1040. The Morgan fingerprint density at radius 1 is 0.926 bits per heavy atom. The molecule has 3 aromatic heterocycles. The fraction of sp³-hybridized carbons (Fsp3) is 0.0952. The van der Waals surface area contributed by atoms with Crippen molar-refractivity contribution >= 4 is 0 Å². The average molecular weight is 352 g/mol. The van der Waals surface area contributed by atoms with Crippen molar-refractivity contribution in [1.29, 1.82) is 5.26 Å². The fourth-order valence-electron chi connectivity index (χ4n) is 3.29. The van der Waals surface area contributed by atoms with Gasteiger partial charge in [0.1, 0.15) is 6.04 Å². The molecule has 6 heteroatoms. The Morgan fingerprint density at radius 3 is 2.56 bits per heavy atom. The van der Waals surface area contributed by atoms with E-state index in [9.17, 15) is 5.26 Å². The van der Waals surface area contributed by atoms with Gasteiger partial charge in [0.05, 0.1) is 23.5 Å². The summed E-state index contributed by atoms with van der Waals surface area (Å²) in [5.41, 5.74) is 3.48. The lowest BCUT2D eigenvalue weighted by Gasteiger charge is -2.27. The molecule has 0 N–H and O–H groups in total. The van der Waals surface area contributed by atoms with E-state index in [-0.39, 0.29) is 12.0 Å². The van der Waals surface area contributed by atoms with Crippen LogP contribution in [-0.4, -0.2) is 25.0 Å². The summed E-state index contributed by atoms with van der Waals surface area (Å²) in [6, 6.07) is 19.4. The number of hydrogen-bond acceptors (Lipinski definition) is 5. The van der Waals surface area contributed by atoms with Gasteiger partial charge in [-0.3, -0.25) is 9.97 Å². The van der Waals surface area contributed by atoms with Crippen LogP contribution < -0.4 is 0 Å². The van der Waals surface area contributed by atoms with E-state index in [2.05, 4.69) is 26.3 Å². The van der Waals surface area contributed by atoms with Gasteiger partial charge in [0.25, 0.3) is 0 Å². The van der Waals surface area contributed by atoms with Crippen molar-refractivity contribution in [2.24, 2.45) is 0 Å². The van der Waals surface area contributed by atoms with Crippen molar-refractivity contribution in [1.82, 2.24) is 25.0 Å². The van der Waals surface area contributed by atoms with Crippen LogP contribution >= 0.6 is 0 Å². The molecule has 2 atom stereocenters. The first-order valence-electron chi connectivity index (χ1n) is 8.53. The van der Waals surface area contributed by atoms with E-state index in [0.29, 0.717) is 5.56 Å². The summed E-state index contributed by atoms with van der Waals surface area (Å²) in [5, 5.41) is 17.6. The third-order valence-electron chi connectivity index (χ3n) is 4.45. The summed E-state index contributed by atoms with van der Waals surface area (Å²) in [6.07, 6.45) is 8.85. The molecule has 1 aromatic carbocycles. The highest BCUT2D eigenvalue weighted by Crippen LogP contribution is 2.38. The van der Waals surface area contributed by atoms with Crippen LogP contribution in [0, 0.1) is 11.3 Å². The highest BCUT2D eigenvalue weighted by molar-refractivity contribution is 5.41. The zero-order valence-corrected chi connectivity index (χ0v) is 14.4. The maximum absolute atomic E-state index is 9.35. The van der Waals surface area contributed by atoms with Crippen LogP contribution in [0.15, 0.2) is 85.6 Å². The second kappa shape index (κ2) is 7.58. The molecule has 0 spiro atoms. The molecule has 0 amide bonds. The summed E-state index contributed by atoms with van der Waals surface area (Å²) >= 11 is 0. The number of pyridine rings is 2. The molecule has 0 fully saturated rings. The van der Waals surface area contributed by atoms with Crippen LogP contribution in [0.25, 0.3) is 0 Å². The number of aromatic nitrogens is 5. The SMILES string of the molecule is N#Cc1cccc(C(c2cccnc2)C(c2ccccn2)n2ccnn2)c1. The summed E-state index contributed by atoms with van der Waals surface area (Å²) in [4.78, 5) is 8.88. The van der Waals surface area contributed by atoms with Crippen LogP contribution in [0.4, 0.5) is 0 Å². The largest absolute Gasteiger partial charge is 0.264 e. The van der Waals surface area contributed by atoms with E-state index in [1.54, 1.807) is 29.3 Å². The normalized spacial score (nSPS) is 12.9. The van der Waals surface area contributed by atoms with Crippen molar-refractivity contribution in [2.45, 2.75) is 12.0 Å². The first-order valence-corrected chi connectivity index (χ1v) is 8.53. The lowest BCUT2D eigenvalue weighted by Crippen LogP contribution is -2.22. The molecule has 0 saturated carbocycles. The Kier molecular flexibility index (Phi) is 4.66. The van der Waals surface area contributed by atoms with Gasteiger partial charge in [0.2, 0.25) is 0 Å². The van der Waals surface area contributed by atoms with Gasteiger partial charge < -0.3 is 0 Å². The van der Waals surface area contributed by atoms with Gasteiger partial charge in [-0.1, -0.05) is 29.5 Å². The first kappa shape index (κ1) is 16.6. The average Bonchev–Trinajstić information content (AvgIpc) is 3.27. The highest BCUT2D eigenvalue weighted by atomic mass is 15.4. The molecule has 130 valence electrons. The molecule has 0 aliphatic carbocycles. The van der Waals surface area contributed by atoms with Crippen LogP contribution in [0.2, 0.25) is 0 Å². The van der Waals surface area contributed by atoms with Crippen LogP contribution in [0.1, 0.15) is 34.3 Å². The molecule has 4 aromatic rings. The monoisotopic (exact) mass is 352 g/mol. The minimum Gasteiger partial charge on any atom is -0.264 e. The third-order valence-corrected chi connectivity index (χ3v) is 4.45. The number of hydrogen-bond donors (Lipinski definition) is 0. The molecule has 0 bridgehead atoms. The number of nitrogens with zero attached hydrogens (tertiary/aromatic N) is 6. The molecule has 2 unspecified atom stereocenters. The van der Waals surface area contributed by atoms with Crippen molar-refractivity contribution in [3.05, 3.63) is 108 Å². The lowest BCUT2D eigenvalue weighted by atomic mass is 9.83. The topological polar surface area (TPSA) is 80.3 Å². The molecule has 0 aliphatic heterocycles. The molecule has 0 radical (unpaired) electrons. The minimum atomic E-state index is -0.230. The second-order valence-electron chi connectivity index (χ2n) is 6.08. The van der Waals surface area contributed by atoms with E-state index in [1.807, 2.05) is 60.9 Å². The zero-order chi connectivity index (χ0) is 18.5. The summed E-state index contributed by atoms with van der Waals surface area (Å²) in [6.45, 7) is 0. The number of nitriles is 1. The maximum Gasteiger partial charge on any atom is 0.107 e. The van der Waals surface area contributed by atoms with E-state index in [1.165, 1.54) is 0 Å². The molecular formula is C21H16N6. The van der Waals surface area contributed by atoms with Crippen LogP contribution in [0.3, 0.4) is 0 Å². The lowest BCUT2D eigenvalue weighted by molar-refractivity contribution is 0.451. The van der Waals surface area contributed by atoms with Gasteiger partial charge in [0, 0.05) is 30.7 Å². The Balaban J connectivity index is 1.94. The van der Waals surface area contributed by atoms with E-state index in [0.717, 1.165) is 16.8 Å². The van der Waals surface area contributed by atoms with Crippen LogP contribution in [-0.2, 0) is 0 Å². The van der Waals surface area contributed by atoms with Crippen molar-refractivity contribution in [2.75, 3.05) is 0 Å². The van der Waals surface area contributed by atoms with Gasteiger partial charge >= 0.3 is 0 Å². The summed E-state index contributed by atoms with van der Waals surface area (Å²) in [7, 11) is 0. The van der Waals surface area contributed by atoms with Gasteiger partial charge in [-0.15, -0.1) is 5.10 Å². The highest BCUT2D eigenvalue weighted by Gasteiger charge is 2.30. The van der Waals surface area contributed by atoms with Crippen molar-refractivity contribution in [3.63, 3.8) is 0 Å². The van der Waals surface area contributed by atoms with Gasteiger partial charge in [0.15, 0.2) is 0 Å². The smallest absolute Gasteiger partial charge is 0.107 e. The van der Waals surface area contributed by atoms with Gasteiger partial charge in [-0.25, -0.2) is 4.68 Å². The number of rotatable bonds is 5. The zero-order valence-electron chi connectivity index (χ0n) is 14.4. The fourth-order valence-corrected chi connectivity index (χ4v) is 3.29. The van der Waals surface area contributed by atoms with Crippen molar-refractivity contribution in [3.8, 4) is 6.07 Å². The Labute approximate surface area is 156 Å². The Hall–Kier alpha value is -3.85. The van der Waals surface area contributed by atoms with E-state index < -0.39 is 0 Å². The van der Waals surface area contributed by atoms with Gasteiger partial charge in [-0.05, 0) is 41.5 Å². The quantitative estimate of drug-likeness (QED) is 0.550. The van der Waals surface area contributed by atoms with Gasteiger partial charge in [-0.2, -0.15) is 5.26 Å². The molecule has 6 nitrogen and oxygen atoms in total. The van der Waals surface area contributed by atoms with E-state index >= 15 is 0 Å². The second-order valence-corrected chi connectivity index (χ2v) is 6.08. The predicted molar refractivity (Wildman–Crippen MR) is 99.6 cm³/mol. The van der Waals surface area contributed by atoms with Crippen molar-refractivity contribution < 1.29 is 0 Å². The maximum atomic E-state index is 9.35. The minimum absolute atomic E-state index is 0.136. The third kappa shape index (κ3) is 3.44. The summed E-state index contributed by atoms with van der Waals surface area (Å²) < 4.78 is 1.80. The Morgan fingerprint density at radius 2 is 1.85 bits per heavy atom. The van der Waals surface area contributed by atoms with E-state index in [4.69, 9.17) is 0 Å². The number of benzene rings is 1. The summed E-state index contributed by atoms with van der Waals surface area (Å²) in [5.74, 6) is -0.136. The van der Waals surface area contributed by atoms with Crippen LogP contribution in [0.5, 0.6) is 0 Å². The molecular weight excluding hydrogens is 336 g/mol. The predicted octanol–water partition coefficient (Wildman–Crippen LogP) is 3.36. The molecule has 0 saturated heterocycles. The molecule has 3 heterocycles. The molecule has 4 rings (SSSR count). The molecule has 27 heavy (non-hydrogen) atoms. The molecule has 0 aliphatic rings. The standard InChI is InChI=1S/C21H16N6/c22-14-16-5-3-6-17(13-16)20(18-7-4-9-23-15-18)21(27-12-11-25-26-27)19-8-1-2-10-24-19/h1-13,15,20-21H.